The maximum atomic E-state index is 13.5. The van der Waals surface area contributed by atoms with Crippen LogP contribution < -0.4 is 5.32 Å². The molecule has 3 nitrogen and oxygen atoms in total. The van der Waals surface area contributed by atoms with Crippen LogP contribution in [0.2, 0.25) is 0 Å². The summed E-state index contributed by atoms with van der Waals surface area (Å²) in [6.07, 6.45) is 0. The SMILES string of the molecule is Cc1ccc(CNC(=O)CSc2nc(-c3ccccc3)cs2)cc1F. The largest absolute Gasteiger partial charge is 0.351 e. The molecule has 0 spiro atoms. The first-order valence-electron chi connectivity index (χ1n) is 7.77. The highest BCUT2D eigenvalue weighted by molar-refractivity contribution is 8.01. The number of nitrogens with zero attached hydrogens (tertiary/aromatic N) is 1. The molecule has 1 aromatic heterocycles. The third-order valence-corrected chi connectivity index (χ3v) is 5.63. The molecule has 0 fully saturated rings. The van der Waals surface area contributed by atoms with E-state index >= 15 is 0 Å². The summed E-state index contributed by atoms with van der Waals surface area (Å²) >= 11 is 2.93. The van der Waals surface area contributed by atoms with Gasteiger partial charge in [0.2, 0.25) is 5.91 Å². The van der Waals surface area contributed by atoms with Gasteiger partial charge in [0, 0.05) is 17.5 Å². The number of carbonyl (C=O) groups excluding carboxylic acids is 1. The molecule has 1 N–H and O–H groups in total. The van der Waals surface area contributed by atoms with Crippen LogP contribution in [0.3, 0.4) is 0 Å². The van der Waals surface area contributed by atoms with Gasteiger partial charge in [-0.05, 0) is 24.1 Å². The number of thiazole rings is 1. The summed E-state index contributed by atoms with van der Waals surface area (Å²) in [4.78, 5) is 16.5. The van der Waals surface area contributed by atoms with Crippen molar-refractivity contribution in [3.63, 3.8) is 0 Å². The predicted octanol–water partition coefficient (Wildman–Crippen LogP) is 4.67. The lowest BCUT2D eigenvalue weighted by atomic mass is 10.1. The standard InChI is InChI=1S/C19H17FN2OS2/c1-13-7-8-14(9-16(13)20)10-21-18(23)12-25-19-22-17(11-24-19)15-5-3-2-4-6-15/h2-9,11H,10,12H2,1H3,(H,21,23). The third-order valence-electron chi connectivity index (χ3n) is 3.61. The highest BCUT2D eigenvalue weighted by Gasteiger charge is 2.08. The third kappa shape index (κ3) is 4.90. The molecule has 0 radical (unpaired) electrons. The Morgan fingerprint density at radius 2 is 2.04 bits per heavy atom. The van der Waals surface area contributed by atoms with E-state index in [1.54, 1.807) is 13.0 Å². The van der Waals surface area contributed by atoms with Gasteiger partial charge in [-0.15, -0.1) is 11.3 Å². The summed E-state index contributed by atoms with van der Waals surface area (Å²) in [5.41, 5.74) is 3.34. The van der Waals surface area contributed by atoms with Crippen molar-refractivity contribution in [2.24, 2.45) is 0 Å². The molecule has 0 aliphatic rings. The molecule has 0 saturated carbocycles. The van der Waals surface area contributed by atoms with Gasteiger partial charge in [0.05, 0.1) is 11.4 Å². The summed E-state index contributed by atoms with van der Waals surface area (Å²) in [7, 11) is 0. The number of amides is 1. The Kier molecular flexibility index (Phi) is 5.83. The molecule has 0 aliphatic carbocycles. The Labute approximate surface area is 154 Å². The topological polar surface area (TPSA) is 42.0 Å². The van der Waals surface area contributed by atoms with Crippen molar-refractivity contribution in [1.82, 2.24) is 10.3 Å². The number of aryl methyl sites for hydroxylation is 1. The van der Waals surface area contributed by atoms with Crippen molar-refractivity contribution < 1.29 is 9.18 Å². The van der Waals surface area contributed by atoms with Gasteiger partial charge in [-0.3, -0.25) is 4.79 Å². The fourth-order valence-electron chi connectivity index (χ4n) is 2.19. The molecular weight excluding hydrogens is 355 g/mol. The maximum absolute atomic E-state index is 13.5. The molecule has 0 unspecified atom stereocenters. The lowest BCUT2D eigenvalue weighted by molar-refractivity contribution is -0.118. The van der Waals surface area contributed by atoms with Crippen LogP contribution in [0.1, 0.15) is 11.1 Å². The lowest BCUT2D eigenvalue weighted by Crippen LogP contribution is -2.24. The van der Waals surface area contributed by atoms with Crippen LogP contribution >= 0.6 is 23.1 Å². The van der Waals surface area contributed by atoms with Gasteiger partial charge < -0.3 is 5.32 Å². The molecule has 0 bridgehead atoms. The number of benzene rings is 2. The number of rotatable bonds is 6. The van der Waals surface area contributed by atoms with E-state index < -0.39 is 0 Å². The van der Waals surface area contributed by atoms with E-state index in [2.05, 4.69) is 10.3 Å². The number of aromatic nitrogens is 1. The highest BCUT2D eigenvalue weighted by Crippen LogP contribution is 2.27. The van der Waals surface area contributed by atoms with E-state index in [9.17, 15) is 9.18 Å². The first kappa shape index (κ1) is 17.6. The lowest BCUT2D eigenvalue weighted by Gasteiger charge is -2.05. The van der Waals surface area contributed by atoms with Crippen molar-refractivity contribution in [3.8, 4) is 11.3 Å². The normalized spacial score (nSPS) is 10.6. The second-order valence-electron chi connectivity index (χ2n) is 5.51. The number of hydrogen-bond acceptors (Lipinski definition) is 4. The summed E-state index contributed by atoms with van der Waals surface area (Å²) in [5.74, 6) is -0.0596. The molecule has 128 valence electrons. The molecule has 1 amide bonds. The average Bonchev–Trinajstić information content (AvgIpc) is 3.11. The van der Waals surface area contributed by atoms with Gasteiger partial charge in [0.1, 0.15) is 5.82 Å². The molecule has 0 aliphatic heterocycles. The molecule has 0 saturated heterocycles. The molecule has 6 heteroatoms. The highest BCUT2D eigenvalue weighted by atomic mass is 32.2. The van der Waals surface area contributed by atoms with E-state index in [4.69, 9.17) is 0 Å². The first-order chi connectivity index (χ1) is 12.1. The summed E-state index contributed by atoms with van der Waals surface area (Å²) in [6, 6.07) is 14.9. The van der Waals surface area contributed by atoms with Gasteiger partial charge >= 0.3 is 0 Å². The molecule has 3 rings (SSSR count). The number of carbonyl (C=O) groups is 1. The average molecular weight is 372 g/mol. The number of nitrogens with one attached hydrogen (secondary N) is 1. The van der Waals surface area contributed by atoms with Gasteiger partial charge in [-0.1, -0.05) is 54.2 Å². The van der Waals surface area contributed by atoms with Gasteiger partial charge in [0.25, 0.3) is 0 Å². The summed E-state index contributed by atoms with van der Waals surface area (Å²) < 4.78 is 14.3. The molecule has 0 atom stereocenters. The van der Waals surface area contributed by atoms with Gasteiger partial charge in [0.15, 0.2) is 4.34 Å². The summed E-state index contributed by atoms with van der Waals surface area (Å²) in [6.45, 7) is 2.04. The molecule has 2 aromatic carbocycles. The maximum Gasteiger partial charge on any atom is 0.230 e. The van der Waals surface area contributed by atoms with Crippen LogP contribution in [0.25, 0.3) is 11.3 Å². The van der Waals surface area contributed by atoms with Crippen LogP contribution in [0.4, 0.5) is 4.39 Å². The monoisotopic (exact) mass is 372 g/mol. The quantitative estimate of drug-likeness (QED) is 0.640. The van der Waals surface area contributed by atoms with Crippen LogP contribution in [0.5, 0.6) is 0 Å². The zero-order valence-corrected chi connectivity index (χ0v) is 15.3. The smallest absolute Gasteiger partial charge is 0.230 e. The van der Waals surface area contributed by atoms with Crippen LogP contribution in [-0.2, 0) is 11.3 Å². The van der Waals surface area contributed by atoms with Gasteiger partial charge in [-0.2, -0.15) is 0 Å². The fourth-order valence-corrected chi connectivity index (χ4v) is 3.86. The van der Waals surface area contributed by atoms with Crippen LogP contribution in [-0.4, -0.2) is 16.6 Å². The first-order valence-corrected chi connectivity index (χ1v) is 9.64. The summed E-state index contributed by atoms with van der Waals surface area (Å²) in [5, 5.41) is 4.80. The minimum absolute atomic E-state index is 0.0950. The molecule has 3 aromatic rings. The second kappa shape index (κ2) is 8.27. The van der Waals surface area contributed by atoms with Crippen molar-refractivity contribution in [2.45, 2.75) is 17.8 Å². The number of thioether (sulfide) groups is 1. The molecule has 1 heterocycles. The van der Waals surface area contributed by atoms with Crippen molar-refractivity contribution in [3.05, 3.63) is 70.9 Å². The van der Waals surface area contributed by atoms with Crippen molar-refractivity contribution in [1.29, 1.82) is 0 Å². The van der Waals surface area contributed by atoms with E-state index in [0.29, 0.717) is 12.1 Å². The van der Waals surface area contributed by atoms with Crippen molar-refractivity contribution >= 4 is 29.0 Å². The minimum atomic E-state index is -0.252. The van der Waals surface area contributed by atoms with E-state index in [1.807, 2.05) is 41.8 Å². The van der Waals surface area contributed by atoms with Crippen LogP contribution in [0, 0.1) is 12.7 Å². The van der Waals surface area contributed by atoms with Crippen molar-refractivity contribution in [2.75, 3.05) is 5.75 Å². The molecular formula is C19H17FN2OS2. The van der Waals surface area contributed by atoms with E-state index in [0.717, 1.165) is 21.2 Å². The van der Waals surface area contributed by atoms with E-state index in [-0.39, 0.29) is 17.5 Å². The van der Waals surface area contributed by atoms with Crippen LogP contribution in [0.15, 0.2) is 58.3 Å². The zero-order chi connectivity index (χ0) is 17.6. The zero-order valence-electron chi connectivity index (χ0n) is 13.7. The van der Waals surface area contributed by atoms with Gasteiger partial charge in [-0.25, -0.2) is 9.37 Å². The Morgan fingerprint density at radius 3 is 2.80 bits per heavy atom. The van der Waals surface area contributed by atoms with E-state index in [1.165, 1.54) is 29.2 Å². The molecule has 25 heavy (non-hydrogen) atoms. The Balaban J connectivity index is 1.49. The minimum Gasteiger partial charge on any atom is -0.351 e. The number of hydrogen-bond donors (Lipinski definition) is 1. The fraction of sp³-hybridized carbons (Fsp3) is 0.158. The Morgan fingerprint density at radius 1 is 1.24 bits per heavy atom. The number of halogens is 1. The Hall–Kier alpha value is -2.18. The predicted molar refractivity (Wildman–Crippen MR) is 101 cm³/mol. The Bertz CT molecular complexity index is 865. The second-order valence-corrected chi connectivity index (χ2v) is 7.59.